The number of ether oxygens (including phenoxy) is 3. The van der Waals surface area contributed by atoms with Crippen molar-refractivity contribution in [3.8, 4) is 17.2 Å². The quantitative estimate of drug-likeness (QED) is 0.828. The number of rotatable bonds is 5. The Morgan fingerprint density at radius 1 is 1.12 bits per heavy atom. The number of nitrogens with two attached hydrogens (primary N) is 1. The van der Waals surface area contributed by atoms with Crippen molar-refractivity contribution in [1.29, 1.82) is 0 Å². The zero-order valence-corrected chi connectivity index (χ0v) is 9.67. The Kier molecular flexibility index (Phi) is 4.37. The molecule has 0 spiro atoms. The second-order valence-electron chi connectivity index (χ2n) is 3.15. The maximum absolute atomic E-state index is 13.9. The van der Waals surface area contributed by atoms with Gasteiger partial charge in [0.1, 0.15) is 0 Å². The van der Waals surface area contributed by atoms with E-state index in [1.165, 1.54) is 27.4 Å². The third-order valence-corrected chi connectivity index (χ3v) is 2.28. The average molecular weight is 229 g/mol. The largest absolute Gasteiger partial charge is 0.494 e. The third-order valence-electron chi connectivity index (χ3n) is 2.28. The van der Waals surface area contributed by atoms with Crippen LogP contribution in [0.5, 0.6) is 17.2 Å². The molecule has 1 aromatic carbocycles. The topological polar surface area (TPSA) is 53.7 Å². The molecule has 2 N–H and O–H groups in total. The van der Waals surface area contributed by atoms with Gasteiger partial charge in [-0.25, -0.2) is 4.39 Å². The lowest BCUT2D eigenvalue weighted by atomic mass is 10.1. The first kappa shape index (κ1) is 12.6. The van der Waals surface area contributed by atoms with E-state index in [1.54, 1.807) is 0 Å². The molecule has 1 rings (SSSR count). The second-order valence-corrected chi connectivity index (χ2v) is 3.15. The fourth-order valence-electron chi connectivity index (χ4n) is 1.54. The van der Waals surface area contributed by atoms with Crippen LogP contribution in [0.3, 0.4) is 0 Å². The molecule has 0 atom stereocenters. The van der Waals surface area contributed by atoms with Gasteiger partial charge in [0.2, 0.25) is 0 Å². The predicted octanol–water partition coefficient (Wildman–Crippen LogP) is 1.35. The molecular weight excluding hydrogens is 213 g/mol. The second kappa shape index (κ2) is 5.55. The molecule has 90 valence electrons. The molecule has 0 radical (unpaired) electrons. The monoisotopic (exact) mass is 229 g/mol. The maximum Gasteiger partial charge on any atom is 0.172 e. The van der Waals surface area contributed by atoms with Crippen LogP contribution < -0.4 is 19.9 Å². The van der Waals surface area contributed by atoms with Gasteiger partial charge in [-0.05, 0) is 13.0 Å². The zero-order chi connectivity index (χ0) is 12.1. The van der Waals surface area contributed by atoms with Crippen LogP contribution in [0.25, 0.3) is 0 Å². The molecule has 0 bridgehead atoms. The number of hydrogen-bond donors (Lipinski definition) is 1. The highest BCUT2D eigenvalue weighted by Gasteiger charge is 2.19. The molecule has 1 aromatic rings. The van der Waals surface area contributed by atoms with E-state index in [4.69, 9.17) is 19.9 Å². The van der Waals surface area contributed by atoms with Crippen molar-refractivity contribution < 1.29 is 18.6 Å². The van der Waals surface area contributed by atoms with Crippen molar-refractivity contribution in [3.63, 3.8) is 0 Å². The summed E-state index contributed by atoms with van der Waals surface area (Å²) in [4.78, 5) is 0. The summed E-state index contributed by atoms with van der Waals surface area (Å²) in [7, 11) is 4.35. The molecule has 0 saturated carbocycles. The van der Waals surface area contributed by atoms with Crippen LogP contribution >= 0.6 is 0 Å². The van der Waals surface area contributed by atoms with Gasteiger partial charge in [0.25, 0.3) is 0 Å². The van der Waals surface area contributed by atoms with Gasteiger partial charge in [0.05, 0.1) is 21.3 Å². The van der Waals surface area contributed by atoms with Crippen LogP contribution in [0.2, 0.25) is 0 Å². The first-order chi connectivity index (χ1) is 7.69. The van der Waals surface area contributed by atoms with Gasteiger partial charge in [-0.1, -0.05) is 0 Å². The van der Waals surface area contributed by atoms with Crippen LogP contribution in [-0.2, 0) is 6.42 Å². The van der Waals surface area contributed by atoms with Gasteiger partial charge in [0.15, 0.2) is 23.1 Å². The number of hydrogen-bond acceptors (Lipinski definition) is 4. The van der Waals surface area contributed by atoms with E-state index < -0.39 is 5.82 Å². The minimum Gasteiger partial charge on any atom is -0.494 e. The van der Waals surface area contributed by atoms with Crippen molar-refractivity contribution in [2.75, 3.05) is 27.9 Å². The minimum absolute atomic E-state index is 0.126. The van der Waals surface area contributed by atoms with Gasteiger partial charge in [0, 0.05) is 11.6 Å². The molecule has 4 nitrogen and oxygen atoms in total. The third kappa shape index (κ3) is 2.19. The van der Waals surface area contributed by atoms with Crippen LogP contribution in [0.4, 0.5) is 4.39 Å². The Morgan fingerprint density at radius 3 is 2.19 bits per heavy atom. The van der Waals surface area contributed by atoms with E-state index in [-0.39, 0.29) is 5.75 Å². The van der Waals surface area contributed by atoms with Crippen LogP contribution in [0.1, 0.15) is 5.56 Å². The lowest BCUT2D eigenvalue weighted by Gasteiger charge is -2.15. The van der Waals surface area contributed by atoms with E-state index >= 15 is 0 Å². The normalized spacial score (nSPS) is 10.1. The molecule has 0 aliphatic carbocycles. The maximum atomic E-state index is 13.9. The van der Waals surface area contributed by atoms with Crippen molar-refractivity contribution in [2.45, 2.75) is 6.42 Å². The summed E-state index contributed by atoms with van der Waals surface area (Å²) in [5, 5.41) is 0. The van der Waals surface area contributed by atoms with Crippen LogP contribution in [0.15, 0.2) is 6.07 Å². The van der Waals surface area contributed by atoms with E-state index in [0.29, 0.717) is 30.0 Å². The van der Waals surface area contributed by atoms with E-state index in [9.17, 15) is 4.39 Å². The summed E-state index contributed by atoms with van der Waals surface area (Å²) in [5.74, 6) is 0.474. The molecule has 0 amide bonds. The SMILES string of the molecule is COc1cc(OC)c(OC)c(CCN)c1F. The van der Waals surface area contributed by atoms with Crippen molar-refractivity contribution in [2.24, 2.45) is 5.73 Å². The van der Waals surface area contributed by atoms with E-state index in [1.807, 2.05) is 0 Å². The van der Waals surface area contributed by atoms with Gasteiger partial charge < -0.3 is 19.9 Å². The van der Waals surface area contributed by atoms with Gasteiger partial charge in [-0.3, -0.25) is 0 Å². The molecule has 16 heavy (non-hydrogen) atoms. The fraction of sp³-hybridized carbons (Fsp3) is 0.455. The lowest BCUT2D eigenvalue weighted by molar-refractivity contribution is 0.334. The minimum atomic E-state index is -0.453. The van der Waals surface area contributed by atoms with Crippen molar-refractivity contribution in [1.82, 2.24) is 0 Å². The average Bonchev–Trinajstić information content (AvgIpc) is 2.31. The smallest absolute Gasteiger partial charge is 0.172 e. The molecule has 0 saturated heterocycles. The first-order valence-corrected chi connectivity index (χ1v) is 4.87. The molecule has 0 heterocycles. The number of halogens is 1. The Morgan fingerprint density at radius 2 is 1.75 bits per heavy atom. The molecule has 0 aliphatic heterocycles. The standard InChI is InChI=1S/C11H16FNO3/c1-14-8-6-9(15-2)11(16-3)7(4-5-13)10(8)12/h6H,4-5,13H2,1-3H3. The highest BCUT2D eigenvalue weighted by molar-refractivity contribution is 5.53. The number of methoxy groups -OCH3 is 3. The Bertz CT molecular complexity index is 369. The summed E-state index contributed by atoms with van der Waals surface area (Å²) >= 11 is 0. The summed E-state index contributed by atoms with van der Waals surface area (Å²) in [6.07, 6.45) is 0.364. The molecule has 0 unspecified atom stereocenters. The van der Waals surface area contributed by atoms with Crippen molar-refractivity contribution in [3.05, 3.63) is 17.4 Å². The molecule has 5 heteroatoms. The predicted molar refractivity (Wildman–Crippen MR) is 58.8 cm³/mol. The van der Waals surface area contributed by atoms with Crippen molar-refractivity contribution >= 4 is 0 Å². The highest BCUT2D eigenvalue weighted by Crippen LogP contribution is 2.38. The van der Waals surface area contributed by atoms with Crippen LogP contribution in [-0.4, -0.2) is 27.9 Å². The summed E-state index contributed by atoms with van der Waals surface area (Å²) < 4.78 is 29.1. The Labute approximate surface area is 94.1 Å². The zero-order valence-electron chi connectivity index (χ0n) is 9.67. The molecular formula is C11H16FNO3. The first-order valence-electron chi connectivity index (χ1n) is 4.87. The van der Waals surface area contributed by atoms with Crippen LogP contribution in [0, 0.1) is 5.82 Å². The number of benzene rings is 1. The highest BCUT2D eigenvalue weighted by atomic mass is 19.1. The van der Waals surface area contributed by atoms with Gasteiger partial charge in [-0.15, -0.1) is 0 Å². The van der Waals surface area contributed by atoms with E-state index in [0.717, 1.165) is 0 Å². The molecule has 0 aromatic heterocycles. The lowest BCUT2D eigenvalue weighted by Crippen LogP contribution is -2.08. The van der Waals surface area contributed by atoms with E-state index in [2.05, 4.69) is 0 Å². The summed E-state index contributed by atoms with van der Waals surface area (Å²) in [6, 6.07) is 1.45. The fourth-order valence-corrected chi connectivity index (χ4v) is 1.54. The van der Waals surface area contributed by atoms with Gasteiger partial charge in [-0.2, -0.15) is 0 Å². The molecule has 0 aliphatic rings. The summed E-state index contributed by atoms with van der Waals surface area (Å²) in [6.45, 7) is 0.323. The Balaban J connectivity index is 3.38. The van der Waals surface area contributed by atoms with Gasteiger partial charge >= 0.3 is 0 Å². The summed E-state index contributed by atoms with van der Waals surface area (Å²) in [5.41, 5.74) is 5.81. The molecule has 0 fully saturated rings. The Hall–Kier alpha value is -1.49.